The van der Waals surface area contributed by atoms with Crippen LogP contribution in [0.2, 0.25) is 0 Å². The van der Waals surface area contributed by atoms with Gasteiger partial charge in [-0.1, -0.05) is 115 Å². The Morgan fingerprint density at radius 1 is 0.452 bits per heavy atom. The van der Waals surface area contributed by atoms with E-state index in [-0.39, 0.29) is 0 Å². The minimum absolute atomic E-state index is 1.01. The maximum absolute atomic E-state index is 5.18. The summed E-state index contributed by atoms with van der Waals surface area (Å²) in [5.41, 5.74) is 10.5. The fourth-order valence-electron chi connectivity index (χ4n) is 6.82. The molecular formula is C40H26N2. The van der Waals surface area contributed by atoms with Gasteiger partial charge < -0.3 is 0 Å². The Morgan fingerprint density at radius 2 is 1.12 bits per heavy atom. The van der Waals surface area contributed by atoms with E-state index in [4.69, 9.17) is 4.98 Å². The highest BCUT2D eigenvalue weighted by atomic mass is 15.0. The molecule has 2 aromatic heterocycles. The summed E-state index contributed by atoms with van der Waals surface area (Å²) in [6.07, 6.45) is 0. The van der Waals surface area contributed by atoms with Gasteiger partial charge in [0, 0.05) is 10.8 Å². The van der Waals surface area contributed by atoms with Gasteiger partial charge in [-0.2, -0.15) is 0 Å². The fourth-order valence-corrected chi connectivity index (χ4v) is 6.82. The molecule has 7 aromatic carbocycles. The first kappa shape index (κ1) is 23.3. The van der Waals surface area contributed by atoms with E-state index in [2.05, 4.69) is 151 Å². The van der Waals surface area contributed by atoms with Gasteiger partial charge in [-0.25, -0.2) is 4.98 Å². The molecule has 196 valence electrons. The van der Waals surface area contributed by atoms with Gasteiger partial charge in [0.1, 0.15) is 5.65 Å². The first-order valence-corrected chi connectivity index (χ1v) is 14.5. The van der Waals surface area contributed by atoms with Crippen LogP contribution in [0.5, 0.6) is 0 Å². The standard InChI is InChI=1S/C40H26N2/c1-25-22-31(23-30-9-3-4-10-32(25)30)27-16-14-26(15-17-27)29-19-20-34-35-21-18-28-8-2-5-11-33(28)39(35)40-41-36-12-6-7-13-37(36)42(40)38(34)24-29/h2-24H,1H3. The van der Waals surface area contributed by atoms with Crippen LogP contribution in [-0.2, 0) is 0 Å². The number of fused-ring (bicyclic) bond motifs is 11. The van der Waals surface area contributed by atoms with Crippen molar-refractivity contribution in [2.75, 3.05) is 0 Å². The van der Waals surface area contributed by atoms with Crippen molar-refractivity contribution in [2.45, 2.75) is 6.92 Å². The summed E-state index contributed by atoms with van der Waals surface area (Å²) >= 11 is 0. The zero-order valence-corrected chi connectivity index (χ0v) is 23.2. The topological polar surface area (TPSA) is 17.3 Å². The third-order valence-electron chi connectivity index (χ3n) is 8.86. The summed E-state index contributed by atoms with van der Waals surface area (Å²) < 4.78 is 2.36. The third kappa shape index (κ3) is 3.36. The summed E-state index contributed by atoms with van der Waals surface area (Å²) in [5.74, 6) is 0. The molecule has 0 unspecified atom stereocenters. The van der Waals surface area contributed by atoms with E-state index in [9.17, 15) is 0 Å². The Labute approximate surface area is 243 Å². The predicted octanol–water partition coefficient (Wildman–Crippen LogP) is 10.7. The Balaban J connectivity index is 1.26. The minimum atomic E-state index is 1.01. The van der Waals surface area contributed by atoms with Gasteiger partial charge in [0.15, 0.2) is 0 Å². The van der Waals surface area contributed by atoms with E-state index >= 15 is 0 Å². The number of aromatic nitrogens is 2. The number of para-hydroxylation sites is 2. The van der Waals surface area contributed by atoms with Gasteiger partial charge in [-0.15, -0.1) is 0 Å². The SMILES string of the molecule is Cc1cc(-c2ccc(-c3ccc4c5ccc6ccccc6c5c5nc6ccccc6n5c4c3)cc2)cc2ccccc12. The summed E-state index contributed by atoms with van der Waals surface area (Å²) in [6, 6.07) is 50.7. The predicted molar refractivity (Wildman–Crippen MR) is 178 cm³/mol. The largest absolute Gasteiger partial charge is 0.292 e. The molecule has 2 nitrogen and oxygen atoms in total. The summed E-state index contributed by atoms with van der Waals surface area (Å²) in [7, 11) is 0. The van der Waals surface area contributed by atoms with Crippen molar-refractivity contribution in [2.24, 2.45) is 0 Å². The van der Waals surface area contributed by atoms with Crippen molar-refractivity contribution in [3.63, 3.8) is 0 Å². The van der Waals surface area contributed by atoms with Crippen molar-refractivity contribution in [3.8, 4) is 22.3 Å². The monoisotopic (exact) mass is 534 g/mol. The molecule has 0 aliphatic carbocycles. The van der Waals surface area contributed by atoms with Crippen LogP contribution in [0.15, 0.2) is 140 Å². The molecule has 42 heavy (non-hydrogen) atoms. The Morgan fingerprint density at radius 3 is 1.98 bits per heavy atom. The molecule has 0 N–H and O–H groups in total. The molecule has 0 saturated carbocycles. The average molecular weight is 535 g/mol. The van der Waals surface area contributed by atoms with Crippen LogP contribution in [0.25, 0.3) is 82.2 Å². The van der Waals surface area contributed by atoms with Crippen LogP contribution in [0, 0.1) is 6.92 Å². The molecule has 2 heterocycles. The number of aryl methyl sites for hydroxylation is 1. The molecule has 0 bridgehead atoms. The second kappa shape index (κ2) is 8.76. The molecule has 9 rings (SSSR count). The van der Waals surface area contributed by atoms with Crippen LogP contribution < -0.4 is 0 Å². The lowest BCUT2D eigenvalue weighted by Crippen LogP contribution is -1.93. The maximum atomic E-state index is 5.18. The van der Waals surface area contributed by atoms with Crippen molar-refractivity contribution >= 4 is 59.9 Å². The Hall–Kier alpha value is -5.47. The van der Waals surface area contributed by atoms with E-state index in [0.717, 1.165) is 16.7 Å². The highest BCUT2D eigenvalue weighted by molar-refractivity contribution is 6.23. The molecule has 0 atom stereocenters. The average Bonchev–Trinajstić information content (AvgIpc) is 3.44. The Bertz CT molecular complexity index is 2520. The van der Waals surface area contributed by atoms with Crippen molar-refractivity contribution < 1.29 is 0 Å². The third-order valence-corrected chi connectivity index (χ3v) is 8.86. The first-order valence-electron chi connectivity index (χ1n) is 14.5. The number of imidazole rings is 1. The lowest BCUT2D eigenvalue weighted by atomic mass is 9.95. The van der Waals surface area contributed by atoms with E-state index < -0.39 is 0 Å². The summed E-state index contributed by atoms with van der Waals surface area (Å²) in [5, 5.41) is 8.74. The molecule has 0 aliphatic rings. The van der Waals surface area contributed by atoms with E-state index in [1.807, 2.05) is 0 Å². The van der Waals surface area contributed by atoms with Crippen LogP contribution in [0.1, 0.15) is 5.56 Å². The fraction of sp³-hybridized carbons (Fsp3) is 0.0250. The van der Waals surface area contributed by atoms with Crippen LogP contribution in [0.4, 0.5) is 0 Å². The van der Waals surface area contributed by atoms with Crippen LogP contribution >= 0.6 is 0 Å². The Kier molecular flexibility index (Phi) is 4.85. The highest BCUT2D eigenvalue weighted by Crippen LogP contribution is 2.38. The van der Waals surface area contributed by atoms with Gasteiger partial charge >= 0.3 is 0 Å². The van der Waals surface area contributed by atoms with Crippen LogP contribution in [-0.4, -0.2) is 9.38 Å². The van der Waals surface area contributed by atoms with Crippen molar-refractivity contribution in [1.29, 1.82) is 0 Å². The molecule has 0 amide bonds. The van der Waals surface area contributed by atoms with Gasteiger partial charge in [0.05, 0.1) is 16.6 Å². The van der Waals surface area contributed by atoms with E-state index in [1.165, 1.54) is 71.0 Å². The lowest BCUT2D eigenvalue weighted by Gasteiger charge is -2.13. The highest BCUT2D eigenvalue weighted by Gasteiger charge is 2.16. The number of nitrogens with zero attached hydrogens (tertiary/aromatic N) is 2. The number of benzene rings is 7. The quantitative estimate of drug-likeness (QED) is 0.202. The number of pyridine rings is 1. The van der Waals surface area contributed by atoms with E-state index in [0.29, 0.717) is 0 Å². The normalized spacial score (nSPS) is 11.9. The molecular weight excluding hydrogens is 508 g/mol. The second-order valence-corrected chi connectivity index (χ2v) is 11.3. The zero-order chi connectivity index (χ0) is 27.8. The molecule has 0 saturated heterocycles. The molecule has 0 aliphatic heterocycles. The number of hydrogen-bond acceptors (Lipinski definition) is 1. The molecule has 0 radical (unpaired) electrons. The first-order chi connectivity index (χ1) is 20.7. The van der Waals surface area contributed by atoms with Crippen molar-refractivity contribution in [3.05, 3.63) is 145 Å². The van der Waals surface area contributed by atoms with Crippen molar-refractivity contribution in [1.82, 2.24) is 9.38 Å². The summed E-state index contributed by atoms with van der Waals surface area (Å²) in [4.78, 5) is 5.18. The molecule has 0 spiro atoms. The van der Waals surface area contributed by atoms with Gasteiger partial charge in [0.2, 0.25) is 0 Å². The maximum Gasteiger partial charge on any atom is 0.147 e. The van der Waals surface area contributed by atoms with Gasteiger partial charge in [-0.3, -0.25) is 4.40 Å². The minimum Gasteiger partial charge on any atom is -0.292 e. The molecule has 9 aromatic rings. The number of rotatable bonds is 2. The van der Waals surface area contributed by atoms with Gasteiger partial charge in [0.25, 0.3) is 0 Å². The smallest absolute Gasteiger partial charge is 0.147 e. The molecule has 2 heteroatoms. The summed E-state index contributed by atoms with van der Waals surface area (Å²) in [6.45, 7) is 2.20. The second-order valence-electron chi connectivity index (χ2n) is 11.3. The lowest BCUT2D eigenvalue weighted by molar-refractivity contribution is 1.32. The van der Waals surface area contributed by atoms with Gasteiger partial charge in [-0.05, 0) is 85.9 Å². The molecule has 0 fully saturated rings. The van der Waals surface area contributed by atoms with E-state index in [1.54, 1.807) is 0 Å². The zero-order valence-electron chi connectivity index (χ0n) is 23.2. The number of hydrogen-bond donors (Lipinski definition) is 0. The van der Waals surface area contributed by atoms with Crippen LogP contribution in [0.3, 0.4) is 0 Å².